The maximum absolute atomic E-state index is 12.8. The molecule has 1 saturated heterocycles. The Hall–Kier alpha value is -2.82. The lowest BCUT2D eigenvalue weighted by Gasteiger charge is -2.34. The second kappa shape index (κ2) is 8.04. The van der Waals surface area contributed by atoms with E-state index < -0.39 is 11.9 Å². The molecule has 0 aliphatic carbocycles. The van der Waals surface area contributed by atoms with E-state index in [0.29, 0.717) is 30.9 Å². The van der Waals surface area contributed by atoms with Crippen molar-refractivity contribution in [1.82, 2.24) is 4.90 Å². The van der Waals surface area contributed by atoms with Gasteiger partial charge in [0.2, 0.25) is 0 Å². The lowest BCUT2D eigenvalue weighted by molar-refractivity contribution is -0.143. The number of likely N-dealkylation sites (tertiary alicyclic amines) is 1. The lowest BCUT2D eigenvalue weighted by Crippen LogP contribution is -2.45. The fraction of sp³-hybridized carbons (Fsp3) is 0.333. The molecule has 0 radical (unpaired) electrons. The molecule has 1 amide bonds. The van der Waals surface area contributed by atoms with Gasteiger partial charge in [-0.3, -0.25) is 9.59 Å². The van der Waals surface area contributed by atoms with Gasteiger partial charge in [-0.2, -0.15) is 0 Å². The monoisotopic (exact) mass is 353 g/mol. The summed E-state index contributed by atoms with van der Waals surface area (Å²) in [5.41, 5.74) is 1.58. The number of nitrogens with zero attached hydrogens (tertiary/aromatic N) is 1. The molecule has 0 saturated carbocycles. The minimum absolute atomic E-state index is 0.145. The number of hydrogen-bond acceptors (Lipinski definition) is 3. The Morgan fingerprint density at radius 1 is 1.12 bits per heavy atom. The molecule has 2 atom stereocenters. The van der Waals surface area contributed by atoms with Gasteiger partial charge in [0.15, 0.2) is 0 Å². The highest BCUT2D eigenvalue weighted by molar-refractivity contribution is 5.95. The van der Waals surface area contributed by atoms with Gasteiger partial charge in [-0.25, -0.2) is 0 Å². The van der Waals surface area contributed by atoms with E-state index in [0.717, 1.165) is 5.56 Å². The molecule has 1 aliphatic rings. The van der Waals surface area contributed by atoms with Crippen molar-refractivity contribution >= 4 is 11.9 Å². The van der Waals surface area contributed by atoms with E-state index >= 15 is 0 Å². The zero-order valence-electron chi connectivity index (χ0n) is 14.8. The van der Waals surface area contributed by atoms with E-state index in [-0.39, 0.29) is 18.4 Å². The molecule has 26 heavy (non-hydrogen) atoms. The summed E-state index contributed by atoms with van der Waals surface area (Å²) in [6, 6.07) is 16.9. The number of rotatable bonds is 5. The van der Waals surface area contributed by atoms with E-state index in [1.807, 2.05) is 43.3 Å². The Morgan fingerprint density at radius 2 is 1.88 bits per heavy atom. The summed E-state index contributed by atoms with van der Waals surface area (Å²) in [7, 11) is 0. The molecule has 0 aromatic heterocycles. The molecule has 0 bridgehead atoms. The molecule has 1 N–H and O–H groups in total. The molecule has 1 heterocycles. The second-order valence-electron chi connectivity index (χ2n) is 6.89. The van der Waals surface area contributed by atoms with Crippen LogP contribution >= 0.6 is 0 Å². The van der Waals surface area contributed by atoms with Gasteiger partial charge in [0.05, 0.1) is 5.92 Å². The Kier molecular flexibility index (Phi) is 5.56. The molecule has 1 fully saturated rings. The number of carbonyl (C=O) groups is 2. The second-order valence-corrected chi connectivity index (χ2v) is 6.89. The van der Waals surface area contributed by atoms with Gasteiger partial charge in [0.1, 0.15) is 12.4 Å². The maximum atomic E-state index is 12.8. The molecule has 136 valence electrons. The number of aliphatic carboxylic acids is 1. The normalized spacial score (nSPS) is 19.8. The van der Waals surface area contributed by atoms with Gasteiger partial charge >= 0.3 is 5.97 Å². The predicted molar refractivity (Wildman–Crippen MR) is 98.0 cm³/mol. The third-order valence-corrected chi connectivity index (χ3v) is 4.63. The highest BCUT2D eigenvalue weighted by Gasteiger charge is 2.32. The van der Waals surface area contributed by atoms with Gasteiger partial charge in [0.25, 0.3) is 5.91 Å². The number of carbonyl (C=O) groups excluding carboxylic acids is 1. The van der Waals surface area contributed by atoms with Crippen molar-refractivity contribution in [3.63, 3.8) is 0 Å². The number of carboxylic acids is 1. The number of amides is 1. The van der Waals surface area contributed by atoms with Gasteiger partial charge < -0.3 is 14.7 Å². The van der Waals surface area contributed by atoms with Gasteiger partial charge in [0, 0.05) is 18.7 Å². The fourth-order valence-corrected chi connectivity index (χ4v) is 3.34. The average Bonchev–Trinajstić information content (AvgIpc) is 2.66. The third-order valence-electron chi connectivity index (χ3n) is 4.63. The van der Waals surface area contributed by atoms with E-state index in [2.05, 4.69) is 0 Å². The van der Waals surface area contributed by atoms with Crippen LogP contribution < -0.4 is 4.74 Å². The van der Waals surface area contributed by atoms with Crippen LogP contribution in [0.1, 0.15) is 29.3 Å². The molecular weight excluding hydrogens is 330 g/mol. The zero-order valence-corrected chi connectivity index (χ0v) is 14.8. The van der Waals surface area contributed by atoms with Crippen LogP contribution in [-0.2, 0) is 11.4 Å². The van der Waals surface area contributed by atoms with Crippen LogP contribution in [0, 0.1) is 11.8 Å². The minimum Gasteiger partial charge on any atom is -0.489 e. The maximum Gasteiger partial charge on any atom is 0.308 e. The first-order valence-electron chi connectivity index (χ1n) is 8.82. The van der Waals surface area contributed by atoms with Crippen LogP contribution in [0.4, 0.5) is 0 Å². The molecular formula is C21H23NO4. The van der Waals surface area contributed by atoms with E-state index in [1.54, 1.807) is 23.1 Å². The van der Waals surface area contributed by atoms with Crippen molar-refractivity contribution in [2.24, 2.45) is 11.8 Å². The standard InChI is InChI=1S/C21H23NO4/c1-15-10-18(21(24)25)13-22(12-15)20(23)17-8-5-9-19(11-17)26-14-16-6-3-2-4-7-16/h2-9,11,15,18H,10,12-14H2,1H3,(H,24,25). The van der Waals surface area contributed by atoms with Crippen LogP contribution in [0.5, 0.6) is 5.75 Å². The Bertz CT molecular complexity index is 775. The molecule has 1 aliphatic heterocycles. The van der Waals surface area contributed by atoms with Crippen molar-refractivity contribution in [2.75, 3.05) is 13.1 Å². The largest absolute Gasteiger partial charge is 0.489 e. The van der Waals surface area contributed by atoms with E-state index in [9.17, 15) is 14.7 Å². The number of carboxylic acid groups (broad SMARTS) is 1. The SMILES string of the molecule is CC1CC(C(=O)O)CN(C(=O)c2cccc(OCc3ccccc3)c2)C1. The number of benzene rings is 2. The van der Waals surface area contributed by atoms with Crippen molar-refractivity contribution in [2.45, 2.75) is 20.0 Å². The minimum atomic E-state index is -0.839. The predicted octanol–water partition coefficient (Wildman–Crippen LogP) is 3.45. The van der Waals surface area contributed by atoms with Gasteiger partial charge in [-0.15, -0.1) is 0 Å². The van der Waals surface area contributed by atoms with Crippen molar-refractivity contribution < 1.29 is 19.4 Å². The van der Waals surface area contributed by atoms with Crippen LogP contribution in [0.3, 0.4) is 0 Å². The van der Waals surface area contributed by atoms with Crippen LogP contribution in [0.25, 0.3) is 0 Å². The van der Waals surface area contributed by atoms with Crippen molar-refractivity contribution in [1.29, 1.82) is 0 Å². The summed E-state index contributed by atoms with van der Waals surface area (Å²) in [6.45, 7) is 3.25. The van der Waals surface area contributed by atoms with Crippen molar-refractivity contribution in [3.05, 3.63) is 65.7 Å². The third kappa shape index (κ3) is 4.42. The van der Waals surface area contributed by atoms with Gasteiger partial charge in [-0.05, 0) is 36.1 Å². The quantitative estimate of drug-likeness (QED) is 0.894. The van der Waals surface area contributed by atoms with Crippen LogP contribution in [0.15, 0.2) is 54.6 Å². The number of hydrogen-bond donors (Lipinski definition) is 1. The van der Waals surface area contributed by atoms with Crippen molar-refractivity contribution in [3.8, 4) is 5.75 Å². The molecule has 5 nitrogen and oxygen atoms in total. The molecule has 2 aromatic rings. The zero-order chi connectivity index (χ0) is 18.5. The summed E-state index contributed by atoms with van der Waals surface area (Å²) >= 11 is 0. The first-order chi connectivity index (χ1) is 12.5. The number of ether oxygens (including phenoxy) is 1. The Labute approximate surface area is 153 Å². The van der Waals surface area contributed by atoms with Crippen LogP contribution in [0.2, 0.25) is 0 Å². The number of piperidine rings is 1. The van der Waals surface area contributed by atoms with E-state index in [4.69, 9.17) is 4.74 Å². The fourth-order valence-electron chi connectivity index (χ4n) is 3.34. The van der Waals surface area contributed by atoms with Crippen LogP contribution in [-0.4, -0.2) is 35.0 Å². The first kappa shape index (κ1) is 18.0. The lowest BCUT2D eigenvalue weighted by atomic mass is 9.90. The summed E-state index contributed by atoms with van der Waals surface area (Å²) in [5.74, 6) is -0.687. The van der Waals surface area contributed by atoms with Gasteiger partial charge in [-0.1, -0.05) is 43.3 Å². The summed E-state index contributed by atoms with van der Waals surface area (Å²) in [4.78, 5) is 25.8. The molecule has 2 unspecified atom stereocenters. The molecule has 5 heteroatoms. The summed E-state index contributed by atoms with van der Waals surface area (Å²) < 4.78 is 5.79. The average molecular weight is 353 g/mol. The molecule has 2 aromatic carbocycles. The summed E-state index contributed by atoms with van der Waals surface area (Å²) in [5, 5.41) is 9.29. The Balaban J connectivity index is 1.68. The highest BCUT2D eigenvalue weighted by Crippen LogP contribution is 2.24. The topological polar surface area (TPSA) is 66.8 Å². The first-order valence-corrected chi connectivity index (χ1v) is 8.82. The smallest absolute Gasteiger partial charge is 0.308 e. The molecule has 0 spiro atoms. The molecule has 3 rings (SSSR count). The Morgan fingerprint density at radius 3 is 2.62 bits per heavy atom. The summed E-state index contributed by atoms with van der Waals surface area (Å²) in [6.07, 6.45) is 0.610. The highest BCUT2D eigenvalue weighted by atomic mass is 16.5. The van der Waals surface area contributed by atoms with E-state index in [1.165, 1.54) is 0 Å².